The van der Waals surface area contributed by atoms with E-state index in [0.29, 0.717) is 5.76 Å². The summed E-state index contributed by atoms with van der Waals surface area (Å²) in [7, 11) is 0. The van der Waals surface area contributed by atoms with Gasteiger partial charge in [-0.05, 0) is 23.6 Å². The zero-order valence-electron chi connectivity index (χ0n) is 12.6. The van der Waals surface area contributed by atoms with E-state index in [0.717, 1.165) is 14.7 Å². The zero-order chi connectivity index (χ0) is 17.4. The number of hydrogen-bond donors (Lipinski definition) is 0. The van der Waals surface area contributed by atoms with Crippen LogP contribution in [0.25, 0.3) is 11.6 Å². The van der Waals surface area contributed by atoms with Gasteiger partial charge in [-0.15, -0.1) is 11.3 Å². The zero-order valence-corrected chi connectivity index (χ0v) is 13.4. The van der Waals surface area contributed by atoms with Crippen molar-refractivity contribution >= 4 is 29.2 Å². The molecule has 1 saturated heterocycles. The normalized spacial score (nSPS) is 14.8. The third-order valence-corrected chi connectivity index (χ3v) is 4.39. The quantitative estimate of drug-likeness (QED) is 0.506. The third-order valence-electron chi connectivity index (χ3n) is 3.53. The summed E-state index contributed by atoms with van der Waals surface area (Å²) in [5.74, 6) is -1.17. The lowest BCUT2D eigenvalue weighted by atomic mass is 10.4. The van der Waals surface area contributed by atoms with Crippen molar-refractivity contribution in [3.05, 3.63) is 46.7 Å². The Balaban J connectivity index is 1.51. The first-order valence-electron chi connectivity index (χ1n) is 7.19. The summed E-state index contributed by atoms with van der Waals surface area (Å²) in [5.41, 5.74) is 0. The van der Waals surface area contributed by atoms with Crippen LogP contribution in [0, 0.1) is 0 Å². The van der Waals surface area contributed by atoms with Crippen molar-refractivity contribution in [3.8, 4) is 11.6 Å². The first-order valence-corrected chi connectivity index (χ1v) is 8.07. The smallest absolute Gasteiger partial charge is 0.335 e. The maximum atomic E-state index is 12.4. The lowest BCUT2D eigenvalue weighted by Crippen LogP contribution is -2.32. The van der Waals surface area contributed by atoms with Crippen LogP contribution in [0.5, 0.6) is 0 Å². The molecule has 0 atom stereocenters. The summed E-state index contributed by atoms with van der Waals surface area (Å²) in [5, 5.41) is 5.55. The minimum atomic E-state index is -0.917. The van der Waals surface area contributed by atoms with E-state index in [2.05, 4.69) is 10.1 Å². The molecule has 0 N–H and O–H groups in total. The van der Waals surface area contributed by atoms with Gasteiger partial charge in [0.25, 0.3) is 0 Å². The van der Waals surface area contributed by atoms with Crippen molar-refractivity contribution in [1.29, 1.82) is 0 Å². The van der Waals surface area contributed by atoms with Crippen LogP contribution in [0.4, 0.5) is 4.79 Å². The van der Waals surface area contributed by atoms with Gasteiger partial charge in [0, 0.05) is 4.88 Å². The molecule has 0 aliphatic carbocycles. The maximum absolute atomic E-state index is 12.4. The minimum absolute atomic E-state index is 0.0267. The first kappa shape index (κ1) is 15.3. The topological polar surface area (TPSA) is 110 Å². The molecule has 3 aromatic rings. The van der Waals surface area contributed by atoms with Gasteiger partial charge in [-0.25, -0.2) is 9.69 Å². The maximum Gasteiger partial charge on any atom is 0.335 e. The SMILES string of the molecule is O=C1C(=O)N(Cc2cccs2)C(=O)N1Cc1nc(-c2ccco2)no1. The molecule has 1 aliphatic heterocycles. The van der Waals surface area contributed by atoms with E-state index in [-0.39, 0.29) is 24.8 Å². The first-order chi connectivity index (χ1) is 12.1. The molecule has 3 aromatic heterocycles. The Morgan fingerprint density at radius 3 is 2.52 bits per heavy atom. The van der Waals surface area contributed by atoms with Crippen LogP contribution in [0.1, 0.15) is 10.8 Å². The summed E-state index contributed by atoms with van der Waals surface area (Å²) < 4.78 is 10.2. The molecule has 1 fully saturated rings. The summed E-state index contributed by atoms with van der Waals surface area (Å²) in [6.45, 7) is -0.225. The molecule has 4 rings (SSSR count). The number of nitrogens with zero attached hydrogens (tertiary/aromatic N) is 4. The molecule has 0 bridgehead atoms. The van der Waals surface area contributed by atoms with Crippen LogP contribution in [0.15, 0.2) is 44.8 Å². The molecule has 0 aromatic carbocycles. The second-order valence-corrected chi connectivity index (χ2v) is 6.17. The highest BCUT2D eigenvalue weighted by molar-refractivity contribution is 7.09. The van der Waals surface area contributed by atoms with Gasteiger partial charge in [-0.2, -0.15) is 4.98 Å². The molecule has 0 unspecified atom stereocenters. The molecule has 126 valence electrons. The van der Waals surface area contributed by atoms with E-state index in [9.17, 15) is 14.4 Å². The molecular weight excluding hydrogens is 348 g/mol. The highest BCUT2D eigenvalue weighted by Crippen LogP contribution is 2.21. The second-order valence-electron chi connectivity index (χ2n) is 5.13. The molecular formula is C15H10N4O5S. The largest absolute Gasteiger partial charge is 0.461 e. The van der Waals surface area contributed by atoms with Gasteiger partial charge in [0.05, 0.1) is 12.8 Å². The number of thiophene rings is 1. The van der Waals surface area contributed by atoms with Crippen molar-refractivity contribution in [3.63, 3.8) is 0 Å². The van der Waals surface area contributed by atoms with E-state index in [1.807, 2.05) is 5.38 Å². The molecule has 0 saturated carbocycles. The van der Waals surface area contributed by atoms with Crippen LogP contribution in [0.2, 0.25) is 0 Å². The number of urea groups is 1. The number of carbonyl (C=O) groups excluding carboxylic acids is 3. The molecule has 0 spiro atoms. The number of imide groups is 2. The number of rotatable bonds is 5. The number of carbonyl (C=O) groups is 3. The predicted octanol–water partition coefficient (Wildman–Crippen LogP) is 1.88. The fourth-order valence-electron chi connectivity index (χ4n) is 2.35. The van der Waals surface area contributed by atoms with Gasteiger partial charge in [0.1, 0.15) is 6.54 Å². The monoisotopic (exact) mass is 358 g/mol. The molecule has 9 nitrogen and oxygen atoms in total. The standard InChI is InChI=1S/C15H10N4O5S/c20-13-14(21)19(15(22)18(13)7-9-3-2-6-25-9)8-11-16-12(17-24-11)10-4-1-5-23-10/h1-6H,7-8H2. The number of furan rings is 1. The van der Waals surface area contributed by atoms with E-state index in [4.69, 9.17) is 8.94 Å². The van der Waals surface area contributed by atoms with Gasteiger partial charge in [0.15, 0.2) is 5.76 Å². The van der Waals surface area contributed by atoms with Gasteiger partial charge >= 0.3 is 17.8 Å². The Kier molecular flexibility index (Phi) is 3.65. The Hall–Kier alpha value is -3.27. The highest BCUT2D eigenvalue weighted by Gasteiger charge is 2.45. The summed E-state index contributed by atoms with van der Waals surface area (Å²) in [4.78, 5) is 43.1. The van der Waals surface area contributed by atoms with Crippen molar-refractivity contribution < 1.29 is 23.3 Å². The van der Waals surface area contributed by atoms with E-state index >= 15 is 0 Å². The average molecular weight is 358 g/mol. The lowest BCUT2D eigenvalue weighted by molar-refractivity contribution is -0.143. The number of amides is 4. The van der Waals surface area contributed by atoms with Crippen LogP contribution in [0.3, 0.4) is 0 Å². The van der Waals surface area contributed by atoms with Crippen LogP contribution < -0.4 is 0 Å². The highest BCUT2D eigenvalue weighted by atomic mass is 32.1. The molecule has 4 heterocycles. The van der Waals surface area contributed by atoms with Gasteiger partial charge in [-0.1, -0.05) is 11.2 Å². The molecule has 4 amide bonds. The van der Waals surface area contributed by atoms with Crippen molar-refractivity contribution in [2.24, 2.45) is 0 Å². The van der Waals surface area contributed by atoms with Crippen molar-refractivity contribution in [1.82, 2.24) is 19.9 Å². The lowest BCUT2D eigenvalue weighted by Gasteiger charge is -2.13. The van der Waals surface area contributed by atoms with Gasteiger partial charge in [-0.3, -0.25) is 14.5 Å². The Morgan fingerprint density at radius 1 is 1.04 bits per heavy atom. The average Bonchev–Trinajstić information content (AvgIpc) is 3.38. The molecule has 0 radical (unpaired) electrons. The minimum Gasteiger partial charge on any atom is -0.461 e. The summed E-state index contributed by atoms with van der Waals surface area (Å²) in [6.07, 6.45) is 1.46. The fourth-order valence-corrected chi connectivity index (χ4v) is 3.04. The summed E-state index contributed by atoms with van der Waals surface area (Å²) >= 11 is 1.39. The second kappa shape index (κ2) is 5.98. The van der Waals surface area contributed by atoms with Crippen LogP contribution in [-0.2, 0) is 22.7 Å². The van der Waals surface area contributed by atoms with Crippen LogP contribution in [-0.4, -0.2) is 37.8 Å². The Bertz CT molecular complexity index is 931. The van der Waals surface area contributed by atoms with Gasteiger partial charge in [0.2, 0.25) is 11.7 Å². The van der Waals surface area contributed by atoms with Crippen molar-refractivity contribution in [2.45, 2.75) is 13.1 Å². The predicted molar refractivity (Wildman–Crippen MR) is 82.8 cm³/mol. The Morgan fingerprint density at radius 2 is 1.84 bits per heavy atom. The fraction of sp³-hybridized carbons (Fsp3) is 0.133. The number of aromatic nitrogens is 2. The molecule has 25 heavy (non-hydrogen) atoms. The van der Waals surface area contributed by atoms with Gasteiger partial charge < -0.3 is 8.94 Å². The summed E-state index contributed by atoms with van der Waals surface area (Å²) in [6, 6.07) is 6.19. The number of hydrogen-bond acceptors (Lipinski definition) is 8. The molecule has 10 heteroatoms. The van der Waals surface area contributed by atoms with Crippen LogP contribution >= 0.6 is 11.3 Å². The van der Waals surface area contributed by atoms with Crippen molar-refractivity contribution in [2.75, 3.05) is 0 Å². The van der Waals surface area contributed by atoms with E-state index < -0.39 is 17.8 Å². The third kappa shape index (κ3) is 2.72. The Labute approximate surface area is 144 Å². The molecule has 1 aliphatic rings. The van der Waals surface area contributed by atoms with E-state index in [1.54, 1.807) is 24.3 Å². The van der Waals surface area contributed by atoms with E-state index in [1.165, 1.54) is 17.6 Å².